The predicted octanol–water partition coefficient (Wildman–Crippen LogP) is 1.74. The lowest BCUT2D eigenvalue weighted by molar-refractivity contribution is 0.188. The molecular weight excluding hydrogens is 310 g/mol. The van der Waals surface area contributed by atoms with E-state index in [2.05, 4.69) is 38.5 Å². The van der Waals surface area contributed by atoms with Gasteiger partial charge in [0.15, 0.2) is 11.1 Å². The highest BCUT2D eigenvalue weighted by molar-refractivity contribution is 7.22. The molecule has 6 nitrogen and oxygen atoms in total. The summed E-state index contributed by atoms with van der Waals surface area (Å²) >= 11 is 1.66. The molecule has 2 aromatic rings. The number of aromatic nitrogens is 1. The molecule has 0 bridgehead atoms. The molecule has 2 heterocycles. The number of β-amino-alcohol motifs (C(OH)–C–C–N with tert-alkyl or cyclic N) is 1. The first-order valence-electron chi connectivity index (χ1n) is 8.07. The minimum atomic E-state index is -0.236. The number of anilines is 1. The molecule has 1 saturated heterocycles. The summed E-state index contributed by atoms with van der Waals surface area (Å²) in [6.07, 6.45) is 0.577. The van der Waals surface area contributed by atoms with Crippen molar-refractivity contribution in [1.82, 2.24) is 15.2 Å². The number of aliphatic hydroxyl groups excluding tert-OH is 1. The molecule has 1 atom stereocenters. The highest BCUT2D eigenvalue weighted by Gasteiger charge is 2.22. The summed E-state index contributed by atoms with van der Waals surface area (Å²) < 4.78 is 1.19. The Morgan fingerprint density at radius 3 is 3.09 bits per heavy atom. The van der Waals surface area contributed by atoms with Crippen LogP contribution in [0.15, 0.2) is 29.3 Å². The van der Waals surface area contributed by atoms with Gasteiger partial charge in [0.05, 0.1) is 22.9 Å². The second kappa shape index (κ2) is 7.61. The van der Waals surface area contributed by atoms with Crippen molar-refractivity contribution in [3.63, 3.8) is 0 Å². The van der Waals surface area contributed by atoms with Crippen LogP contribution in [-0.4, -0.2) is 59.8 Å². The number of hydrogen-bond acceptors (Lipinski definition) is 5. The van der Waals surface area contributed by atoms with E-state index in [0.29, 0.717) is 13.1 Å². The third-order valence-corrected chi connectivity index (χ3v) is 4.74. The van der Waals surface area contributed by atoms with E-state index in [1.807, 2.05) is 18.2 Å². The minimum absolute atomic E-state index is 0.236. The molecule has 3 rings (SSSR count). The van der Waals surface area contributed by atoms with Crippen LogP contribution in [0.4, 0.5) is 5.13 Å². The molecule has 0 unspecified atom stereocenters. The van der Waals surface area contributed by atoms with E-state index in [4.69, 9.17) is 0 Å². The first-order valence-corrected chi connectivity index (χ1v) is 8.88. The summed E-state index contributed by atoms with van der Waals surface area (Å²) in [7, 11) is 0. The Hall–Kier alpha value is -1.86. The van der Waals surface area contributed by atoms with Crippen LogP contribution in [-0.2, 0) is 0 Å². The Labute approximate surface area is 140 Å². The Morgan fingerprint density at radius 1 is 1.48 bits per heavy atom. The molecule has 23 heavy (non-hydrogen) atoms. The molecule has 0 aliphatic carbocycles. The van der Waals surface area contributed by atoms with Crippen LogP contribution in [0.3, 0.4) is 0 Å². The number of fused-ring (bicyclic) bond motifs is 1. The zero-order valence-electron chi connectivity index (χ0n) is 13.3. The molecule has 0 saturated carbocycles. The van der Waals surface area contributed by atoms with E-state index < -0.39 is 0 Å². The number of rotatable bonds is 5. The summed E-state index contributed by atoms with van der Waals surface area (Å²) in [6.45, 7) is 5.82. The van der Waals surface area contributed by atoms with Crippen molar-refractivity contribution in [1.29, 1.82) is 0 Å². The molecule has 0 radical (unpaired) electrons. The van der Waals surface area contributed by atoms with E-state index in [0.717, 1.165) is 42.7 Å². The monoisotopic (exact) mass is 333 g/mol. The predicted molar refractivity (Wildman–Crippen MR) is 96.3 cm³/mol. The van der Waals surface area contributed by atoms with Crippen molar-refractivity contribution in [2.75, 3.05) is 38.0 Å². The molecular formula is C16H23N5OS. The molecule has 1 aliphatic heterocycles. The Kier molecular flexibility index (Phi) is 5.30. The number of nitrogens with zero attached hydrogens (tertiary/aromatic N) is 3. The topological polar surface area (TPSA) is 72.8 Å². The number of para-hydroxylation sites is 1. The molecule has 124 valence electrons. The highest BCUT2D eigenvalue weighted by atomic mass is 32.1. The van der Waals surface area contributed by atoms with Gasteiger partial charge in [0, 0.05) is 26.2 Å². The third kappa shape index (κ3) is 4.11. The van der Waals surface area contributed by atoms with Gasteiger partial charge in [-0.2, -0.15) is 0 Å². The van der Waals surface area contributed by atoms with Gasteiger partial charge in [0.2, 0.25) is 0 Å². The highest BCUT2D eigenvalue weighted by Crippen LogP contribution is 2.24. The number of nitrogens with one attached hydrogen (secondary N) is 2. The second-order valence-electron chi connectivity index (χ2n) is 5.54. The fourth-order valence-electron chi connectivity index (χ4n) is 2.63. The van der Waals surface area contributed by atoms with Crippen LogP contribution in [0.2, 0.25) is 0 Å². The van der Waals surface area contributed by atoms with Gasteiger partial charge in [-0.25, -0.2) is 4.98 Å². The zero-order valence-corrected chi connectivity index (χ0v) is 14.1. The summed E-state index contributed by atoms with van der Waals surface area (Å²) in [5.74, 6) is 0.884. The van der Waals surface area contributed by atoms with Gasteiger partial charge in [-0.1, -0.05) is 23.5 Å². The molecule has 1 aromatic heterocycles. The largest absolute Gasteiger partial charge is 0.391 e. The molecule has 3 N–H and O–H groups in total. The summed E-state index contributed by atoms with van der Waals surface area (Å²) in [5, 5.41) is 17.2. The Balaban J connectivity index is 1.53. The van der Waals surface area contributed by atoms with E-state index in [9.17, 15) is 5.11 Å². The maximum absolute atomic E-state index is 9.66. The van der Waals surface area contributed by atoms with Crippen LogP contribution in [0.25, 0.3) is 10.2 Å². The maximum atomic E-state index is 9.66. The van der Waals surface area contributed by atoms with E-state index in [1.165, 1.54) is 4.70 Å². The number of guanidine groups is 1. The number of thiazole rings is 1. The van der Waals surface area contributed by atoms with Crippen molar-refractivity contribution in [3.05, 3.63) is 24.3 Å². The summed E-state index contributed by atoms with van der Waals surface area (Å²) in [6, 6.07) is 8.14. The Bertz CT molecular complexity index is 638. The Morgan fingerprint density at radius 2 is 2.35 bits per heavy atom. The zero-order chi connectivity index (χ0) is 16.1. The van der Waals surface area contributed by atoms with Gasteiger partial charge in [0.1, 0.15) is 0 Å². The van der Waals surface area contributed by atoms with Crippen molar-refractivity contribution in [2.24, 2.45) is 4.99 Å². The normalized spacial score (nSPS) is 18.6. The molecule has 1 fully saturated rings. The molecule has 0 spiro atoms. The number of benzene rings is 1. The quantitative estimate of drug-likeness (QED) is 0.442. The van der Waals surface area contributed by atoms with Crippen LogP contribution in [0.5, 0.6) is 0 Å². The van der Waals surface area contributed by atoms with Crippen molar-refractivity contribution < 1.29 is 5.11 Å². The minimum Gasteiger partial charge on any atom is -0.391 e. The van der Waals surface area contributed by atoms with Crippen molar-refractivity contribution >= 4 is 32.6 Å². The average molecular weight is 333 g/mol. The first kappa shape index (κ1) is 16.0. The molecule has 1 aromatic carbocycles. The lowest BCUT2D eigenvalue weighted by atomic mass is 10.3. The van der Waals surface area contributed by atoms with Gasteiger partial charge >= 0.3 is 0 Å². The van der Waals surface area contributed by atoms with E-state index >= 15 is 0 Å². The second-order valence-corrected chi connectivity index (χ2v) is 6.57. The fraction of sp³-hybridized carbons (Fsp3) is 0.500. The lowest BCUT2D eigenvalue weighted by Crippen LogP contribution is -2.40. The lowest BCUT2D eigenvalue weighted by Gasteiger charge is -2.20. The van der Waals surface area contributed by atoms with Crippen LogP contribution in [0.1, 0.15) is 13.3 Å². The SMILES string of the molecule is CCNC(=NCCNc1nc2ccccc2s1)N1CC[C@@H](O)C1. The molecule has 0 amide bonds. The maximum Gasteiger partial charge on any atom is 0.194 e. The number of hydrogen-bond donors (Lipinski definition) is 3. The molecule has 1 aliphatic rings. The number of aliphatic hydroxyl groups is 1. The third-order valence-electron chi connectivity index (χ3n) is 3.74. The summed E-state index contributed by atoms with van der Waals surface area (Å²) in [4.78, 5) is 11.3. The van der Waals surface area contributed by atoms with E-state index in [1.54, 1.807) is 11.3 Å². The van der Waals surface area contributed by atoms with Gasteiger partial charge in [-0.15, -0.1) is 0 Å². The van der Waals surface area contributed by atoms with Crippen LogP contribution in [0, 0.1) is 0 Å². The standard InChI is InChI=1S/C16H23N5OS/c1-2-17-15(21-10-7-12(22)11-21)18-8-9-19-16-20-13-5-3-4-6-14(13)23-16/h3-6,12,22H,2,7-11H2,1H3,(H,17,18)(H,19,20)/t12-/m1/s1. The van der Waals surface area contributed by atoms with Gasteiger partial charge in [0.25, 0.3) is 0 Å². The van der Waals surface area contributed by atoms with E-state index in [-0.39, 0.29) is 6.10 Å². The molecule has 7 heteroatoms. The van der Waals surface area contributed by atoms with Crippen molar-refractivity contribution in [3.8, 4) is 0 Å². The first-order chi connectivity index (χ1) is 11.3. The van der Waals surface area contributed by atoms with Crippen LogP contribution < -0.4 is 10.6 Å². The van der Waals surface area contributed by atoms with Crippen molar-refractivity contribution in [2.45, 2.75) is 19.4 Å². The average Bonchev–Trinajstić information content (AvgIpc) is 3.16. The van der Waals surface area contributed by atoms with Gasteiger partial charge in [-0.05, 0) is 25.5 Å². The number of likely N-dealkylation sites (tertiary alicyclic amines) is 1. The van der Waals surface area contributed by atoms with Crippen LogP contribution >= 0.6 is 11.3 Å². The smallest absolute Gasteiger partial charge is 0.194 e. The summed E-state index contributed by atoms with van der Waals surface area (Å²) in [5.41, 5.74) is 1.03. The van der Waals surface area contributed by atoms with Gasteiger partial charge < -0.3 is 20.6 Å². The fourth-order valence-corrected chi connectivity index (χ4v) is 3.52. The number of aliphatic imine (C=N–C) groups is 1. The van der Waals surface area contributed by atoms with Gasteiger partial charge in [-0.3, -0.25) is 4.99 Å².